The lowest BCUT2D eigenvalue weighted by molar-refractivity contribution is -0.149. The van der Waals surface area contributed by atoms with Gasteiger partial charge in [-0.05, 0) is 38.5 Å². The Bertz CT molecular complexity index is 777. The fourth-order valence-corrected chi connectivity index (χ4v) is 2.59. The number of carbonyl (C=O) groups is 3. The lowest BCUT2D eigenvalue weighted by atomic mass is 9.99. The molecule has 1 aromatic rings. The zero-order chi connectivity index (χ0) is 19.4. The summed E-state index contributed by atoms with van der Waals surface area (Å²) in [6.07, 6.45) is 0.204. The van der Waals surface area contributed by atoms with E-state index < -0.39 is 30.3 Å². The van der Waals surface area contributed by atoms with E-state index in [-0.39, 0.29) is 5.57 Å². The van der Waals surface area contributed by atoms with E-state index in [4.69, 9.17) is 14.2 Å². The highest BCUT2D eigenvalue weighted by Gasteiger charge is 2.39. The van der Waals surface area contributed by atoms with Gasteiger partial charge in [0.15, 0.2) is 12.2 Å². The molecule has 26 heavy (non-hydrogen) atoms. The first-order valence-electron chi connectivity index (χ1n) is 8.24. The van der Waals surface area contributed by atoms with E-state index in [2.05, 4.69) is 6.58 Å². The minimum Gasteiger partial charge on any atom is -0.481 e. The number of carbonyl (C=O) groups excluding carboxylic acids is 3. The van der Waals surface area contributed by atoms with Crippen molar-refractivity contribution in [3.8, 4) is 5.75 Å². The number of aldehydes is 1. The number of hydrogen-bond acceptors (Lipinski definition) is 6. The third-order valence-electron chi connectivity index (χ3n) is 4.19. The minimum absolute atomic E-state index is 0.178. The van der Waals surface area contributed by atoms with Crippen LogP contribution >= 0.6 is 0 Å². The van der Waals surface area contributed by atoms with Crippen molar-refractivity contribution in [2.24, 2.45) is 0 Å². The molecule has 1 aromatic carbocycles. The van der Waals surface area contributed by atoms with Gasteiger partial charge in [0, 0.05) is 23.6 Å². The molecule has 0 saturated carbocycles. The molecule has 0 amide bonds. The largest absolute Gasteiger partial charge is 0.481 e. The molecule has 0 N–H and O–H groups in total. The van der Waals surface area contributed by atoms with E-state index in [9.17, 15) is 14.4 Å². The molecule has 3 atom stereocenters. The van der Waals surface area contributed by atoms with Gasteiger partial charge in [-0.15, -0.1) is 0 Å². The summed E-state index contributed by atoms with van der Waals surface area (Å²) in [4.78, 5) is 34.5. The van der Waals surface area contributed by atoms with Gasteiger partial charge in [0.05, 0.1) is 0 Å². The number of esters is 2. The van der Waals surface area contributed by atoms with Crippen molar-refractivity contribution in [2.75, 3.05) is 0 Å². The van der Waals surface area contributed by atoms with Gasteiger partial charge in [-0.25, -0.2) is 4.79 Å². The zero-order valence-corrected chi connectivity index (χ0v) is 15.3. The fourth-order valence-electron chi connectivity index (χ4n) is 2.59. The lowest BCUT2D eigenvalue weighted by Gasteiger charge is -2.18. The Balaban J connectivity index is 2.31. The standard InChI is InChI=1S/C20H22O6/c1-6-11(2)20(23)24-13(4)15-7-8-17-16(9-15)19(25-14(5)22)18(26-17)12(3)10-21/h6-10,13,18-19H,3H2,1-2,4-5H3/b11-6+/t13-,18+,19-/m1/s1. The van der Waals surface area contributed by atoms with Crippen molar-refractivity contribution in [1.29, 1.82) is 0 Å². The molecule has 0 radical (unpaired) electrons. The van der Waals surface area contributed by atoms with Gasteiger partial charge >= 0.3 is 11.9 Å². The Morgan fingerprint density at radius 3 is 2.58 bits per heavy atom. The predicted octanol–water partition coefficient (Wildman–Crippen LogP) is 3.38. The molecule has 0 bridgehead atoms. The second kappa shape index (κ2) is 7.99. The van der Waals surface area contributed by atoms with Crippen LogP contribution in [0, 0.1) is 0 Å². The molecule has 0 spiro atoms. The molecular formula is C20H22O6. The molecule has 6 nitrogen and oxygen atoms in total. The third-order valence-corrected chi connectivity index (χ3v) is 4.19. The molecule has 6 heteroatoms. The van der Waals surface area contributed by atoms with Crippen LogP contribution < -0.4 is 4.74 Å². The van der Waals surface area contributed by atoms with Crippen LogP contribution in [0.1, 0.15) is 51.0 Å². The fraction of sp³-hybridized carbons (Fsp3) is 0.350. The summed E-state index contributed by atoms with van der Waals surface area (Å²) >= 11 is 0. The van der Waals surface area contributed by atoms with Gasteiger partial charge in [0.25, 0.3) is 0 Å². The van der Waals surface area contributed by atoms with Crippen LogP contribution in [0.15, 0.2) is 42.0 Å². The first kappa shape index (κ1) is 19.4. The first-order chi connectivity index (χ1) is 12.3. The van der Waals surface area contributed by atoms with E-state index in [0.717, 1.165) is 5.56 Å². The molecule has 0 aliphatic carbocycles. The SMILES string of the molecule is C=C(C=O)[C@@H]1Oc2ccc([C@@H](C)OC(=O)/C(C)=C/C)cc2[C@H]1OC(C)=O. The maximum Gasteiger partial charge on any atom is 0.333 e. The van der Waals surface area contributed by atoms with Gasteiger partial charge in [-0.2, -0.15) is 0 Å². The molecule has 0 fully saturated rings. The highest BCUT2D eigenvalue weighted by atomic mass is 16.6. The van der Waals surface area contributed by atoms with Gasteiger partial charge in [-0.3, -0.25) is 9.59 Å². The molecule has 0 aromatic heterocycles. The molecule has 2 rings (SSSR count). The number of ether oxygens (including phenoxy) is 3. The number of benzene rings is 1. The Labute approximate surface area is 152 Å². The van der Waals surface area contributed by atoms with E-state index in [0.29, 0.717) is 23.2 Å². The van der Waals surface area contributed by atoms with Crippen LogP contribution in [0.25, 0.3) is 0 Å². The molecule has 0 unspecified atom stereocenters. The van der Waals surface area contributed by atoms with Crippen molar-refractivity contribution in [3.05, 3.63) is 53.1 Å². The van der Waals surface area contributed by atoms with Gasteiger partial charge in [-0.1, -0.05) is 18.7 Å². The summed E-state index contributed by atoms with van der Waals surface area (Å²) in [5, 5.41) is 0. The Kier molecular flexibility index (Phi) is 5.97. The van der Waals surface area contributed by atoms with E-state index >= 15 is 0 Å². The third kappa shape index (κ3) is 4.02. The average Bonchev–Trinajstić information content (AvgIpc) is 2.97. The molecular weight excluding hydrogens is 336 g/mol. The second-order valence-corrected chi connectivity index (χ2v) is 6.08. The van der Waals surface area contributed by atoms with Crippen LogP contribution in [0.3, 0.4) is 0 Å². The zero-order valence-electron chi connectivity index (χ0n) is 15.3. The summed E-state index contributed by atoms with van der Waals surface area (Å²) in [6.45, 7) is 10.1. The molecule has 1 aliphatic rings. The second-order valence-electron chi connectivity index (χ2n) is 6.08. The quantitative estimate of drug-likeness (QED) is 0.441. The number of hydrogen-bond donors (Lipinski definition) is 0. The number of fused-ring (bicyclic) bond motifs is 1. The number of allylic oxidation sites excluding steroid dienone is 1. The first-order valence-corrected chi connectivity index (χ1v) is 8.24. The topological polar surface area (TPSA) is 78.9 Å². The normalized spacial score (nSPS) is 19.8. The summed E-state index contributed by atoms with van der Waals surface area (Å²) < 4.78 is 16.5. The summed E-state index contributed by atoms with van der Waals surface area (Å²) in [6, 6.07) is 5.22. The Morgan fingerprint density at radius 2 is 2.00 bits per heavy atom. The maximum atomic E-state index is 11.9. The van der Waals surface area contributed by atoms with Crippen molar-refractivity contribution in [3.63, 3.8) is 0 Å². The lowest BCUT2D eigenvalue weighted by Crippen LogP contribution is -2.25. The van der Waals surface area contributed by atoms with Crippen molar-refractivity contribution in [2.45, 2.75) is 46.0 Å². The molecule has 0 saturated heterocycles. The van der Waals surface area contributed by atoms with Crippen molar-refractivity contribution >= 4 is 18.2 Å². The van der Waals surface area contributed by atoms with Crippen LogP contribution in [0.2, 0.25) is 0 Å². The highest BCUT2D eigenvalue weighted by molar-refractivity contribution is 5.87. The molecule has 1 heterocycles. The van der Waals surface area contributed by atoms with Gasteiger partial charge in [0.1, 0.15) is 18.1 Å². The van der Waals surface area contributed by atoms with Crippen LogP contribution in [0.5, 0.6) is 5.75 Å². The highest BCUT2D eigenvalue weighted by Crippen LogP contribution is 2.42. The monoisotopic (exact) mass is 358 g/mol. The van der Waals surface area contributed by atoms with Crippen LogP contribution in [0.4, 0.5) is 0 Å². The van der Waals surface area contributed by atoms with E-state index in [1.807, 2.05) is 0 Å². The molecule has 138 valence electrons. The maximum absolute atomic E-state index is 11.9. The van der Waals surface area contributed by atoms with Crippen LogP contribution in [-0.2, 0) is 23.9 Å². The van der Waals surface area contributed by atoms with E-state index in [1.54, 1.807) is 45.0 Å². The van der Waals surface area contributed by atoms with Crippen LogP contribution in [-0.4, -0.2) is 24.3 Å². The van der Waals surface area contributed by atoms with E-state index in [1.165, 1.54) is 6.92 Å². The van der Waals surface area contributed by atoms with Crippen molar-refractivity contribution < 1.29 is 28.6 Å². The summed E-state index contributed by atoms with van der Waals surface area (Å²) in [5.74, 6) is -0.402. The van der Waals surface area contributed by atoms with Gasteiger partial charge in [0.2, 0.25) is 0 Å². The van der Waals surface area contributed by atoms with Crippen molar-refractivity contribution in [1.82, 2.24) is 0 Å². The Morgan fingerprint density at radius 1 is 1.31 bits per heavy atom. The van der Waals surface area contributed by atoms with Gasteiger partial charge < -0.3 is 14.2 Å². The number of rotatable bonds is 6. The Hall–Kier alpha value is -2.89. The summed E-state index contributed by atoms with van der Waals surface area (Å²) in [7, 11) is 0. The molecule has 1 aliphatic heterocycles. The smallest absolute Gasteiger partial charge is 0.333 e. The predicted molar refractivity (Wildman–Crippen MR) is 94.5 cm³/mol. The minimum atomic E-state index is -0.777. The summed E-state index contributed by atoms with van der Waals surface area (Å²) in [5.41, 5.74) is 2.02. The average molecular weight is 358 g/mol.